The second-order valence-electron chi connectivity index (χ2n) is 17.4. The van der Waals surface area contributed by atoms with Crippen LogP contribution in [0.5, 0.6) is 11.5 Å². The number of thiazole rings is 2. The molecule has 0 radical (unpaired) electrons. The molecule has 12 rings (SSSR count). The lowest BCUT2D eigenvalue weighted by molar-refractivity contribution is 0.475. The second-order valence-corrected chi connectivity index (χ2v) is 19.4. The van der Waals surface area contributed by atoms with Gasteiger partial charge in [0.05, 0.1) is 31.1 Å². The number of fused-ring (bicyclic) bond motifs is 3. The van der Waals surface area contributed by atoms with Crippen molar-refractivity contribution in [3.8, 4) is 46.2 Å². The summed E-state index contributed by atoms with van der Waals surface area (Å²) < 4.78 is 6.33. The van der Waals surface area contributed by atoms with Crippen LogP contribution in [-0.4, -0.2) is 42.8 Å². The summed E-state index contributed by atoms with van der Waals surface area (Å²) in [5.74, 6) is 0.128. The highest BCUT2D eigenvalue weighted by Crippen LogP contribution is 2.39. The Morgan fingerprint density at radius 3 is 1.19 bits per heavy atom. The first-order valence-electron chi connectivity index (χ1n) is 23.4. The van der Waals surface area contributed by atoms with Crippen LogP contribution in [0, 0.1) is 22.7 Å². The van der Waals surface area contributed by atoms with Gasteiger partial charge in [0.1, 0.15) is 44.8 Å². The number of aromatic nitrogens is 4. The molecular weight excluding hydrogens is 922 g/mol. The van der Waals surface area contributed by atoms with E-state index in [1.165, 1.54) is 22.7 Å². The summed E-state index contributed by atoms with van der Waals surface area (Å²) in [5.41, 5.74) is 8.65. The minimum Gasteiger partial charge on any atom is -0.508 e. The fourth-order valence-corrected chi connectivity index (χ4v) is 12.1. The Labute approximate surface area is 423 Å². The van der Waals surface area contributed by atoms with E-state index in [2.05, 4.69) is 69.6 Å². The fraction of sp³-hybridized carbons (Fsp3) is 0. The first-order chi connectivity index (χ1) is 35.5. The number of rotatable bonds is 10. The number of hydrogen-bond acceptors (Lipinski definition) is 8. The van der Waals surface area contributed by atoms with Crippen molar-refractivity contribution in [1.82, 2.24) is 18.9 Å². The van der Waals surface area contributed by atoms with Gasteiger partial charge in [-0.2, -0.15) is 10.5 Å². The van der Waals surface area contributed by atoms with Crippen LogP contribution in [0.4, 0.5) is 0 Å². The maximum atomic E-state index is 12.1. The third-order valence-electron chi connectivity index (χ3n) is 13.1. The predicted molar refractivity (Wildman–Crippen MR) is 295 cm³/mol. The molecule has 0 saturated carbocycles. The predicted octanol–water partition coefficient (Wildman–Crippen LogP) is 9.16. The number of hydrogen-bond donors (Lipinski definition) is 2. The first kappa shape index (κ1) is 44.0. The SMILES string of the molecule is N#C/C(c1nc2ccccc2s1)=c1\c2c(-c3cccc(O)c3)n(B(c3ccccc3)c3ccccc3)/c(=C(/C#N)c3nc4ccccc4s3)c2c(-c2ccc(O)cc2)n1B(c1ccccc1)c1ccccc1. The summed E-state index contributed by atoms with van der Waals surface area (Å²) in [4.78, 5) is 10.4. The monoisotopic (exact) mass is 960 g/mol. The Bertz CT molecular complexity index is 3980. The minimum atomic E-state index is -0.578. The highest BCUT2D eigenvalue weighted by Gasteiger charge is 2.37. The molecule has 4 heterocycles. The standard InChI is InChI=1S/C60H38B2N6O2S2/c63-37-47(59-65-49-28-13-15-30-51(49)71-59)57-53-54(56(40-18-17-27-46(70)36-40)68(57)62(43-23-9-3-10-24-43)44-25-11-4-12-26-44)58(48(38-64)60-66-50-29-14-16-31-52(50)72-60)67(55(53)39-32-34-45(69)35-33-39)61(41-19-5-1-6-20-41)42-21-7-2-8-22-42/h1-36,69-70H/b57-47-,58-48-. The zero-order valence-electron chi connectivity index (χ0n) is 38.3. The van der Waals surface area contributed by atoms with Crippen LogP contribution in [0.2, 0.25) is 0 Å². The van der Waals surface area contributed by atoms with Gasteiger partial charge in [-0.3, -0.25) is 0 Å². The van der Waals surface area contributed by atoms with Crippen molar-refractivity contribution < 1.29 is 10.2 Å². The van der Waals surface area contributed by atoms with Crippen molar-refractivity contribution >= 4 is 101 Å². The lowest BCUT2D eigenvalue weighted by atomic mass is 9.50. The van der Waals surface area contributed by atoms with Gasteiger partial charge < -0.3 is 19.2 Å². The van der Waals surface area contributed by atoms with Crippen LogP contribution in [0.15, 0.2) is 218 Å². The molecular formula is C60H38B2N6O2S2. The molecule has 338 valence electrons. The Morgan fingerprint density at radius 2 is 0.806 bits per heavy atom. The smallest absolute Gasteiger partial charge is 0.328 e. The van der Waals surface area contributed by atoms with Gasteiger partial charge >= 0.3 is 13.7 Å². The Balaban J connectivity index is 1.45. The van der Waals surface area contributed by atoms with E-state index in [4.69, 9.17) is 9.97 Å². The quantitative estimate of drug-likeness (QED) is 0.132. The van der Waals surface area contributed by atoms with Crippen molar-refractivity contribution in [3.63, 3.8) is 0 Å². The summed E-state index contributed by atoms with van der Waals surface area (Å²) in [6.07, 6.45) is 0. The molecule has 0 bridgehead atoms. The molecule has 4 aromatic heterocycles. The third kappa shape index (κ3) is 7.63. The van der Waals surface area contributed by atoms with Crippen molar-refractivity contribution in [2.45, 2.75) is 0 Å². The van der Waals surface area contributed by atoms with Crippen molar-refractivity contribution in [3.05, 3.63) is 239 Å². The summed E-state index contributed by atoms with van der Waals surface area (Å²) in [7, 11) is 0. The molecule has 0 aliphatic carbocycles. The van der Waals surface area contributed by atoms with Gasteiger partial charge in [0.25, 0.3) is 0 Å². The highest BCUT2D eigenvalue weighted by atomic mass is 32.1. The zero-order valence-corrected chi connectivity index (χ0v) is 40.0. The van der Waals surface area contributed by atoms with Crippen LogP contribution in [0.3, 0.4) is 0 Å². The number of para-hydroxylation sites is 2. The number of phenols is 2. The van der Waals surface area contributed by atoms with Crippen molar-refractivity contribution in [1.29, 1.82) is 10.5 Å². The van der Waals surface area contributed by atoms with Crippen LogP contribution >= 0.6 is 22.7 Å². The average molecular weight is 961 g/mol. The van der Waals surface area contributed by atoms with E-state index in [1.807, 2.05) is 146 Å². The summed E-state index contributed by atoms with van der Waals surface area (Å²) in [5, 5.41) is 50.2. The van der Waals surface area contributed by atoms with E-state index in [-0.39, 0.29) is 11.5 Å². The van der Waals surface area contributed by atoms with Gasteiger partial charge in [0, 0.05) is 27.7 Å². The Hall–Kier alpha value is -9.19. The van der Waals surface area contributed by atoms with Crippen LogP contribution in [-0.2, 0) is 0 Å². The molecule has 0 spiro atoms. The lowest BCUT2D eigenvalue weighted by Crippen LogP contribution is -2.54. The topological polar surface area (TPSA) is 124 Å². The lowest BCUT2D eigenvalue weighted by Gasteiger charge is -2.24. The maximum absolute atomic E-state index is 12.1. The van der Waals surface area contributed by atoms with Gasteiger partial charge in [-0.25, -0.2) is 9.97 Å². The van der Waals surface area contributed by atoms with E-state index in [0.29, 0.717) is 59.6 Å². The van der Waals surface area contributed by atoms with Crippen molar-refractivity contribution in [2.75, 3.05) is 0 Å². The number of phenolic OH excluding ortho intramolecular Hbond substituents is 2. The van der Waals surface area contributed by atoms with Crippen LogP contribution < -0.4 is 32.5 Å². The highest BCUT2D eigenvalue weighted by molar-refractivity contribution is 7.20. The molecule has 0 aliphatic heterocycles. The van der Waals surface area contributed by atoms with Gasteiger partial charge in [-0.15, -0.1) is 22.7 Å². The van der Waals surface area contributed by atoms with E-state index in [9.17, 15) is 20.7 Å². The molecule has 0 amide bonds. The summed E-state index contributed by atoms with van der Waals surface area (Å²) in [6.45, 7) is -1.15. The van der Waals surface area contributed by atoms with E-state index >= 15 is 0 Å². The molecule has 12 aromatic rings. The van der Waals surface area contributed by atoms with Gasteiger partial charge in [-0.05, 0) is 66.2 Å². The Kier molecular flexibility index (Phi) is 11.4. The molecule has 0 unspecified atom stereocenters. The molecule has 0 aliphatic rings. The van der Waals surface area contributed by atoms with Gasteiger partial charge in [0.2, 0.25) is 0 Å². The molecule has 0 atom stereocenters. The second kappa shape index (κ2) is 18.6. The molecule has 8 aromatic carbocycles. The maximum Gasteiger partial charge on any atom is 0.328 e. The Morgan fingerprint density at radius 1 is 0.417 bits per heavy atom. The normalized spacial score (nSPS) is 12.1. The zero-order chi connectivity index (χ0) is 48.7. The molecule has 0 fully saturated rings. The number of aromatic hydroxyl groups is 2. The van der Waals surface area contributed by atoms with Crippen molar-refractivity contribution in [2.24, 2.45) is 0 Å². The minimum absolute atomic E-state index is 0.0448. The molecule has 0 saturated heterocycles. The van der Waals surface area contributed by atoms with E-state index < -0.39 is 13.7 Å². The number of nitrogens with zero attached hydrogens (tertiary/aromatic N) is 6. The van der Waals surface area contributed by atoms with E-state index in [0.717, 1.165) is 47.8 Å². The van der Waals surface area contributed by atoms with E-state index in [1.54, 1.807) is 24.3 Å². The summed E-state index contributed by atoms with van der Waals surface area (Å²) in [6, 6.07) is 76.5. The third-order valence-corrected chi connectivity index (χ3v) is 15.2. The van der Waals surface area contributed by atoms with Crippen LogP contribution in [0.25, 0.3) is 64.9 Å². The molecule has 72 heavy (non-hydrogen) atoms. The summed E-state index contributed by atoms with van der Waals surface area (Å²) >= 11 is 2.90. The number of benzene rings is 8. The molecule has 8 nitrogen and oxygen atoms in total. The first-order valence-corrected chi connectivity index (χ1v) is 25.0. The fourth-order valence-electron chi connectivity index (χ4n) is 10.1. The largest absolute Gasteiger partial charge is 0.508 e. The molecule has 2 N–H and O–H groups in total. The van der Waals surface area contributed by atoms with Gasteiger partial charge in [-0.1, -0.05) is 180 Å². The number of nitriles is 2. The van der Waals surface area contributed by atoms with Gasteiger partial charge in [0.15, 0.2) is 0 Å². The average Bonchev–Trinajstić information content (AvgIpc) is 4.21. The molecule has 12 heteroatoms. The van der Waals surface area contributed by atoms with Crippen LogP contribution in [0.1, 0.15) is 10.0 Å².